The average molecular weight is 495 g/mol. The van der Waals surface area contributed by atoms with Crippen molar-refractivity contribution in [2.24, 2.45) is 12.0 Å². The smallest absolute Gasteiger partial charge is 0.193 e. The Hall–Kier alpha value is -2.10. The normalized spacial score (nSPS) is 11.7. The second-order valence-corrected chi connectivity index (χ2v) is 7.15. The molecular weight excluding hydrogens is 465 g/mol. The van der Waals surface area contributed by atoms with Gasteiger partial charge in [-0.3, -0.25) is 9.67 Å². The van der Waals surface area contributed by atoms with Gasteiger partial charge in [-0.15, -0.1) is 24.0 Å². The van der Waals surface area contributed by atoms with Gasteiger partial charge in [0.15, 0.2) is 5.96 Å². The molecule has 152 valence electrons. The number of aliphatic imine (C=N–C) groups is 1. The monoisotopic (exact) mass is 495 g/mol. The van der Waals surface area contributed by atoms with Crippen molar-refractivity contribution in [2.75, 3.05) is 20.6 Å². The third-order valence-electron chi connectivity index (χ3n) is 4.55. The largest absolute Gasteiger partial charge is 0.356 e. The number of guanidine groups is 1. The highest BCUT2D eigenvalue weighted by Gasteiger charge is 2.15. The summed E-state index contributed by atoms with van der Waals surface area (Å²) < 4.78 is 1.89. The van der Waals surface area contributed by atoms with Gasteiger partial charge in [-0.1, -0.05) is 26.0 Å². The van der Waals surface area contributed by atoms with Gasteiger partial charge >= 0.3 is 0 Å². The quantitative estimate of drug-likeness (QED) is 0.313. The molecule has 0 saturated carbocycles. The van der Waals surface area contributed by atoms with Crippen molar-refractivity contribution in [1.29, 1.82) is 0 Å². The molecule has 0 aliphatic heterocycles. The lowest BCUT2D eigenvalue weighted by molar-refractivity contribution is 0.473. The van der Waals surface area contributed by atoms with Crippen molar-refractivity contribution in [1.82, 2.24) is 30.0 Å². The van der Waals surface area contributed by atoms with Crippen LogP contribution in [0.15, 0.2) is 35.5 Å². The van der Waals surface area contributed by atoms with Crippen LogP contribution in [-0.2, 0) is 20.0 Å². The van der Waals surface area contributed by atoms with Crippen LogP contribution in [0, 0.1) is 0 Å². The van der Waals surface area contributed by atoms with Gasteiger partial charge in [0.1, 0.15) is 5.82 Å². The number of imidazole rings is 1. The molecular formula is C20H30IN7. The lowest BCUT2D eigenvalue weighted by atomic mass is 10.1. The second-order valence-electron chi connectivity index (χ2n) is 7.15. The van der Waals surface area contributed by atoms with Gasteiger partial charge in [0, 0.05) is 52.4 Å². The summed E-state index contributed by atoms with van der Waals surface area (Å²) in [5.74, 6) is 2.25. The molecule has 28 heavy (non-hydrogen) atoms. The molecule has 0 aliphatic rings. The van der Waals surface area contributed by atoms with E-state index in [2.05, 4.69) is 50.3 Å². The molecule has 2 N–H and O–H groups in total. The summed E-state index contributed by atoms with van der Waals surface area (Å²) in [7, 11) is 5.83. The number of H-pyrrole nitrogens is 1. The van der Waals surface area contributed by atoms with E-state index in [9.17, 15) is 0 Å². The predicted octanol–water partition coefficient (Wildman–Crippen LogP) is 3.29. The maximum absolute atomic E-state index is 4.62. The number of aryl methyl sites for hydroxylation is 1. The van der Waals surface area contributed by atoms with Gasteiger partial charge in [-0.25, -0.2) is 4.98 Å². The van der Waals surface area contributed by atoms with Gasteiger partial charge in [-0.2, -0.15) is 5.10 Å². The van der Waals surface area contributed by atoms with Crippen molar-refractivity contribution in [3.63, 3.8) is 0 Å². The van der Waals surface area contributed by atoms with Crippen molar-refractivity contribution in [3.8, 4) is 0 Å². The van der Waals surface area contributed by atoms with Crippen LogP contribution in [0.25, 0.3) is 11.0 Å². The molecule has 0 amide bonds. The first-order valence-electron chi connectivity index (χ1n) is 9.35. The van der Waals surface area contributed by atoms with Crippen molar-refractivity contribution >= 4 is 41.0 Å². The maximum atomic E-state index is 4.62. The number of hydrogen-bond donors (Lipinski definition) is 2. The highest BCUT2D eigenvalue weighted by molar-refractivity contribution is 14.0. The fraction of sp³-hybridized carbons (Fsp3) is 0.450. The summed E-state index contributed by atoms with van der Waals surface area (Å²) in [6.07, 6.45) is 2.90. The highest BCUT2D eigenvalue weighted by atomic mass is 127. The van der Waals surface area contributed by atoms with Crippen molar-refractivity contribution in [2.45, 2.75) is 32.7 Å². The Morgan fingerprint density at radius 1 is 1.32 bits per heavy atom. The molecule has 2 aromatic heterocycles. The molecule has 0 radical (unpaired) electrons. The Morgan fingerprint density at radius 3 is 2.75 bits per heavy atom. The Balaban J connectivity index is 0.00000280. The summed E-state index contributed by atoms with van der Waals surface area (Å²) >= 11 is 0. The van der Waals surface area contributed by atoms with Crippen LogP contribution in [-0.4, -0.2) is 51.2 Å². The fourth-order valence-corrected chi connectivity index (χ4v) is 3.29. The Morgan fingerprint density at radius 2 is 2.07 bits per heavy atom. The van der Waals surface area contributed by atoms with E-state index in [0.29, 0.717) is 5.92 Å². The summed E-state index contributed by atoms with van der Waals surface area (Å²) in [6.45, 7) is 5.88. The molecule has 0 aliphatic carbocycles. The Kier molecular flexibility index (Phi) is 7.85. The zero-order chi connectivity index (χ0) is 19.4. The number of aromatic amines is 1. The number of para-hydroxylation sites is 2. The minimum atomic E-state index is 0. The molecule has 1 aromatic carbocycles. The zero-order valence-electron chi connectivity index (χ0n) is 17.2. The fourth-order valence-electron chi connectivity index (χ4n) is 3.29. The van der Waals surface area contributed by atoms with Crippen LogP contribution in [0.1, 0.15) is 36.8 Å². The Bertz CT molecular complexity index is 893. The second kappa shape index (κ2) is 9.90. The van der Waals surface area contributed by atoms with Gasteiger partial charge in [0.05, 0.1) is 16.7 Å². The first kappa shape index (κ1) is 22.2. The lowest BCUT2D eigenvalue weighted by Gasteiger charge is -2.22. The average Bonchev–Trinajstić information content (AvgIpc) is 3.21. The van der Waals surface area contributed by atoms with Crippen molar-refractivity contribution in [3.05, 3.63) is 47.5 Å². The van der Waals surface area contributed by atoms with Crippen LogP contribution in [0.2, 0.25) is 0 Å². The van der Waals surface area contributed by atoms with E-state index in [0.717, 1.165) is 48.0 Å². The molecule has 0 bridgehead atoms. The first-order valence-corrected chi connectivity index (χ1v) is 9.35. The van der Waals surface area contributed by atoms with Gasteiger partial charge < -0.3 is 15.2 Å². The van der Waals surface area contributed by atoms with Gasteiger partial charge in [0.25, 0.3) is 0 Å². The molecule has 0 saturated heterocycles. The SMILES string of the molecule is CN=C(NCCc1nc2ccccc2[nH]1)N(C)Cc1cn(C)nc1C(C)C.I. The van der Waals surface area contributed by atoms with Crippen LogP contribution < -0.4 is 5.32 Å². The van der Waals surface area contributed by atoms with E-state index < -0.39 is 0 Å². The maximum Gasteiger partial charge on any atom is 0.193 e. The number of nitrogens with zero attached hydrogens (tertiary/aromatic N) is 5. The number of hydrogen-bond acceptors (Lipinski definition) is 3. The van der Waals surface area contributed by atoms with E-state index in [1.165, 1.54) is 5.56 Å². The minimum Gasteiger partial charge on any atom is -0.356 e. The zero-order valence-corrected chi connectivity index (χ0v) is 19.6. The van der Waals surface area contributed by atoms with Crippen LogP contribution in [0.4, 0.5) is 0 Å². The summed E-state index contributed by atoms with van der Waals surface area (Å²) in [5, 5.41) is 8.01. The topological polar surface area (TPSA) is 74.1 Å². The third kappa shape index (κ3) is 5.24. The van der Waals surface area contributed by atoms with Crippen LogP contribution >= 0.6 is 24.0 Å². The predicted molar refractivity (Wildman–Crippen MR) is 125 cm³/mol. The number of halogens is 1. The Labute approximate surface area is 183 Å². The first-order chi connectivity index (χ1) is 13.0. The number of aromatic nitrogens is 4. The number of benzene rings is 1. The molecule has 0 fully saturated rings. The van der Waals surface area contributed by atoms with Crippen LogP contribution in [0.3, 0.4) is 0 Å². The number of rotatable bonds is 6. The third-order valence-corrected chi connectivity index (χ3v) is 4.55. The molecule has 8 heteroatoms. The summed E-state index contributed by atoms with van der Waals surface area (Å²) in [5.41, 5.74) is 4.45. The summed E-state index contributed by atoms with van der Waals surface area (Å²) in [6, 6.07) is 8.09. The molecule has 0 unspecified atom stereocenters. The van der Waals surface area contributed by atoms with Crippen molar-refractivity contribution < 1.29 is 0 Å². The summed E-state index contributed by atoms with van der Waals surface area (Å²) in [4.78, 5) is 14.5. The van der Waals surface area contributed by atoms with E-state index >= 15 is 0 Å². The molecule has 3 aromatic rings. The van der Waals surface area contributed by atoms with E-state index in [1.807, 2.05) is 50.1 Å². The standard InChI is InChI=1S/C20H29N7.HI/c1-14(2)19-15(13-27(5)25-19)12-26(4)20(21-3)22-11-10-18-23-16-8-6-7-9-17(16)24-18;/h6-9,13-14H,10-12H2,1-5H3,(H,21,22)(H,23,24);1H. The number of fused-ring (bicyclic) bond motifs is 1. The van der Waals surface area contributed by atoms with E-state index in [4.69, 9.17) is 0 Å². The van der Waals surface area contributed by atoms with Crippen LogP contribution in [0.5, 0.6) is 0 Å². The van der Waals surface area contributed by atoms with Gasteiger partial charge in [-0.05, 0) is 18.1 Å². The molecule has 7 nitrogen and oxygen atoms in total. The highest BCUT2D eigenvalue weighted by Crippen LogP contribution is 2.18. The molecule has 0 spiro atoms. The van der Waals surface area contributed by atoms with E-state index in [-0.39, 0.29) is 24.0 Å². The number of nitrogens with one attached hydrogen (secondary N) is 2. The van der Waals surface area contributed by atoms with E-state index in [1.54, 1.807) is 0 Å². The minimum absolute atomic E-state index is 0. The molecule has 0 atom stereocenters. The molecule has 3 rings (SSSR count). The van der Waals surface area contributed by atoms with Gasteiger partial charge in [0.2, 0.25) is 0 Å². The lowest BCUT2D eigenvalue weighted by Crippen LogP contribution is -2.39. The molecule has 2 heterocycles.